The average Bonchev–Trinajstić information content (AvgIpc) is 3.35. The van der Waals surface area contributed by atoms with E-state index in [-0.39, 0.29) is 17.9 Å². The van der Waals surface area contributed by atoms with E-state index >= 15 is 0 Å². The Bertz CT molecular complexity index is 1170. The van der Waals surface area contributed by atoms with Gasteiger partial charge in [0.1, 0.15) is 11.9 Å². The first-order valence-electron chi connectivity index (χ1n) is 12.1. The van der Waals surface area contributed by atoms with E-state index < -0.39 is 0 Å². The molecule has 2 aliphatic heterocycles. The van der Waals surface area contributed by atoms with Gasteiger partial charge < -0.3 is 29.8 Å². The lowest BCUT2D eigenvalue weighted by atomic mass is 10.0. The number of benzene rings is 1. The molecule has 184 valence electrons. The number of amides is 1. The van der Waals surface area contributed by atoms with E-state index in [2.05, 4.69) is 37.4 Å². The van der Waals surface area contributed by atoms with Crippen molar-refractivity contribution >= 4 is 29.4 Å². The van der Waals surface area contributed by atoms with Crippen LogP contribution in [0, 0.1) is 5.92 Å². The summed E-state index contributed by atoms with van der Waals surface area (Å²) in [5.41, 5.74) is 1.74. The topological polar surface area (TPSA) is 103 Å². The highest BCUT2D eigenvalue weighted by Gasteiger charge is 2.34. The van der Waals surface area contributed by atoms with Gasteiger partial charge in [-0.3, -0.25) is 4.79 Å². The number of carbonyl (C=O) groups excluding carboxylic acids is 1. The third-order valence-electron chi connectivity index (χ3n) is 6.50. The van der Waals surface area contributed by atoms with E-state index in [4.69, 9.17) is 9.40 Å². The number of aromatic nitrogens is 3. The second-order valence-electron chi connectivity index (χ2n) is 9.41. The zero-order valence-corrected chi connectivity index (χ0v) is 20.4. The maximum absolute atomic E-state index is 12.4. The Morgan fingerprint density at radius 2 is 1.94 bits per heavy atom. The van der Waals surface area contributed by atoms with E-state index in [1.165, 1.54) is 0 Å². The highest BCUT2D eigenvalue weighted by Crippen LogP contribution is 2.30. The van der Waals surface area contributed by atoms with Gasteiger partial charge in [0.05, 0.1) is 6.20 Å². The lowest BCUT2D eigenvalue weighted by Crippen LogP contribution is -2.57. The number of rotatable bonds is 6. The highest BCUT2D eigenvalue weighted by molar-refractivity contribution is 5.86. The lowest BCUT2D eigenvalue weighted by Gasteiger charge is -2.36. The normalized spacial score (nSPS) is 19.2. The summed E-state index contributed by atoms with van der Waals surface area (Å²) in [4.78, 5) is 32.6. The Kier molecular flexibility index (Phi) is 6.54. The minimum Gasteiger partial charge on any atom is -0.423 e. The number of oxazole rings is 1. The summed E-state index contributed by atoms with van der Waals surface area (Å²) >= 11 is 0. The molecule has 0 spiro atoms. The van der Waals surface area contributed by atoms with Crippen LogP contribution >= 0.6 is 0 Å². The molecule has 2 aromatic heterocycles. The van der Waals surface area contributed by atoms with Gasteiger partial charge in [-0.1, -0.05) is 26.0 Å². The first-order valence-corrected chi connectivity index (χ1v) is 12.1. The Labute approximate surface area is 205 Å². The summed E-state index contributed by atoms with van der Waals surface area (Å²) in [7, 11) is 2.14. The Morgan fingerprint density at radius 3 is 2.74 bits per heavy atom. The molecule has 10 nitrogen and oxygen atoms in total. The summed E-state index contributed by atoms with van der Waals surface area (Å²) in [6.07, 6.45) is 3.50. The van der Waals surface area contributed by atoms with Gasteiger partial charge in [-0.2, -0.15) is 4.98 Å². The van der Waals surface area contributed by atoms with Gasteiger partial charge >= 0.3 is 0 Å². The van der Waals surface area contributed by atoms with Gasteiger partial charge in [0.15, 0.2) is 5.76 Å². The van der Waals surface area contributed by atoms with Crippen LogP contribution in [0.15, 0.2) is 47.1 Å². The Hall–Kier alpha value is -3.66. The van der Waals surface area contributed by atoms with Crippen molar-refractivity contribution in [3.63, 3.8) is 0 Å². The fourth-order valence-electron chi connectivity index (χ4n) is 4.59. The molecule has 4 heterocycles. The molecule has 1 atom stereocenters. The van der Waals surface area contributed by atoms with E-state index in [1.807, 2.05) is 49.1 Å². The highest BCUT2D eigenvalue weighted by atomic mass is 16.4. The number of likely N-dealkylation sites (N-methyl/N-ethyl adjacent to an activating group) is 1. The van der Waals surface area contributed by atoms with Crippen LogP contribution in [0.1, 0.15) is 13.8 Å². The monoisotopic (exact) mass is 476 g/mol. The van der Waals surface area contributed by atoms with Gasteiger partial charge in [0.25, 0.3) is 6.01 Å². The van der Waals surface area contributed by atoms with Crippen LogP contribution < -0.4 is 20.4 Å². The summed E-state index contributed by atoms with van der Waals surface area (Å²) in [6.45, 7) is 9.25. The third-order valence-corrected chi connectivity index (χ3v) is 6.50. The fraction of sp³-hybridized carbons (Fsp3) is 0.440. The van der Waals surface area contributed by atoms with Gasteiger partial charge in [0, 0.05) is 56.7 Å². The number of carbonyl (C=O) groups is 1. The molecule has 0 saturated carbocycles. The van der Waals surface area contributed by atoms with E-state index in [9.17, 15) is 4.79 Å². The summed E-state index contributed by atoms with van der Waals surface area (Å²) < 4.78 is 6.12. The summed E-state index contributed by atoms with van der Waals surface area (Å²) in [5, 5.41) is 6.25. The van der Waals surface area contributed by atoms with Crippen molar-refractivity contribution in [3.8, 4) is 11.3 Å². The van der Waals surface area contributed by atoms with Crippen molar-refractivity contribution < 1.29 is 9.21 Å². The second kappa shape index (κ2) is 9.91. The molecule has 3 aromatic rings. The van der Waals surface area contributed by atoms with Crippen molar-refractivity contribution in [2.24, 2.45) is 5.92 Å². The minimum atomic E-state index is -0.298. The lowest BCUT2D eigenvalue weighted by molar-refractivity contribution is -0.124. The first kappa shape index (κ1) is 23.1. The molecule has 5 rings (SSSR count). The molecule has 1 unspecified atom stereocenters. The number of hydrogen-bond donors (Lipinski definition) is 2. The van der Waals surface area contributed by atoms with Crippen molar-refractivity contribution in [1.29, 1.82) is 0 Å². The SMILES string of the molecule is CC(C)C1C(=O)NCCN1c1ncc(-c2cccc(Nc3nccc(N4CCN(C)CC4)n3)c2)o1. The van der Waals surface area contributed by atoms with Crippen molar-refractivity contribution in [1.82, 2.24) is 25.2 Å². The first-order chi connectivity index (χ1) is 17.0. The molecule has 1 aromatic carbocycles. The van der Waals surface area contributed by atoms with E-state index in [0.29, 0.717) is 30.8 Å². The standard InChI is InChI=1S/C25H32N8O2/c1-17(2)22-23(34)26-9-10-33(22)25-28-16-20(35-25)18-5-4-6-19(15-18)29-24-27-8-7-21(30-24)32-13-11-31(3)12-14-32/h4-8,15-17,22H,9-14H2,1-3H3,(H,26,34)(H,27,29,30). The van der Waals surface area contributed by atoms with Crippen LogP contribution in [0.5, 0.6) is 0 Å². The number of anilines is 4. The van der Waals surface area contributed by atoms with Gasteiger partial charge in [-0.25, -0.2) is 9.97 Å². The zero-order chi connectivity index (χ0) is 24.4. The third kappa shape index (κ3) is 5.07. The predicted molar refractivity (Wildman–Crippen MR) is 136 cm³/mol. The molecule has 0 aliphatic carbocycles. The van der Waals surface area contributed by atoms with Crippen molar-refractivity contribution in [3.05, 3.63) is 42.7 Å². The molecule has 2 saturated heterocycles. The number of nitrogens with one attached hydrogen (secondary N) is 2. The molecular weight excluding hydrogens is 444 g/mol. The molecule has 2 fully saturated rings. The number of hydrogen-bond acceptors (Lipinski definition) is 9. The maximum Gasteiger partial charge on any atom is 0.298 e. The van der Waals surface area contributed by atoms with Crippen LogP contribution in [0.4, 0.5) is 23.5 Å². The molecule has 10 heteroatoms. The van der Waals surface area contributed by atoms with Crippen LogP contribution in [-0.4, -0.2) is 78.1 Å². The summed E-state index contributed by atoms with van der Waals surface area (Å²) in [5.74, 6) is 2.27. The minimum absolute atomic E-state index is 0.0102. The van der Waals surface area contributed by atoms with E-state index in [1.54, 1.807) is 12.4 Å². The number of nitrogens with zero attached hydrogens (tertiary/aromatic N) is 6. The maximum atomic E-state index is 12.4. The van der Waals surface area contributed by atoms with Gasteiger partial charge in [-0.15, -0.1) is 0 Å². The molecule has 0 radical (unpaired) electrons. The average molecular weight is 477 g/mol. The molecule has 2 aliphatic rings. The Balaban J connectivity index is 1.32. The van der Waals surface area contributed by atoms with Gasteiger partial charge in [0.2, 0.25) is 11.9 Å². The van der Waals surface area contributed by atoms with Crippen LogP contribution in [0.3, 0.4) is 0 Å². The quantitative estimate of drug-likeness (QED) is 0.556. The zero-order valence-electron chi connectivity index (χ0n) is 20.4. The predicted octanol–water partition coefficient (Wildman–Crippen LogP) is 2.59. The smallest absolute Gasteiger partial charge is 0.298 e. The molecule has 35 heavy (non-hydrogen) atoms. The van der Waals surface area contributed by atoms with Crippen LogP contribution in [-0.2, 0) is 4.79 Å². The van der Waals surface area contributed by atoms with Crippen molar-refractivity contribution in [2.45, 2.75) is 19.9 Å². The van der Waals surface area contributed by atoms with Gasteiger partial charge in [-0.05, 0) is 31.2 Å². The van der Waals surface area contributed by atoms with E-state index in [0.717, 1.165) is 43.2 Å². The molecule has 0 bridgehead atoms. The largest absolute Gasteiger partial charge is 0.423 e. The number of piperazine rings is 2. The fourth-order valence-corrected chi connectivity index (χ4v) is 4.59. The Morgan fingerprint density at radius 1 is 1.11 bits per heavy atom. The van der Waals surface area contributed by atoms with Crippen LogP contribution in [0.2, 0.25) is 0 Å². The van der Waals surface area contributed by atoms with Crippen LogP contribution in [0.25, 0.3) is 11.3 Å². The molecule has 1 amide bonds. The molecule has 2 N–H and O–H groups in total. The second-order valence-corrected chi connectivity index (χ2v) is 9.41. The molecular formula is C25H32N8O2. The summed E-state index contributed by atoms with van der Waals surface area (Å²) in [6, 6.07) is 10.0. The van der Waals surface area contributed by atoms with Crippen molar-refractivity contribution in [2.75, 3.05) is 61.4 Å².